The van der Waals surface area contributed by atoms with E-state index in [2.05, 4.69) is 50.8 Å². The van der Waals surface area contributed by atoms with Gasteiger partial charge in [0.25, 0.3) is 0 Å². The van der Waals surface area contributed by atoms with E-state index in [1.54, 1.807) is 0 Å². The molecule has 2 N–H and O–H groups in total. The molecule has 5 nitrogen and oxygen atoms in total. The molecule has 144 valence electrons. The first-order chi connectivity index (χ1) is 12.7. The van der Waals surface area contributed by atoms with Crippen LogP contribution in [0.3, 0.4) is 0 Å². The van der Waals surface area contributed by atoms with E-state index in [-0.39, 0.29) is 5.91 Å². The van der Waals surface area contributed by atoms with Crippen LogP contribution in [0, 0.1) is 11.8 Å². The molecule has 1 atom stereocenters. The van der Waals surface area contributed by atoms with Crippen molar-refractivity contribution in [2.24, 2.45) is 11.8 Å². The second-order valence-electron chi connectivity index (χ2n) is 7.85. The molecular formula is C21H34N4O. The van der Waals surface area contributed by atoms with Crippen LogP contribution < -0.4 is 15.5 Å². The van der Waals surface area contributed by atoms with E-state index in [1.807, 2.05) is 7.05 Å². The molecule has 2 fully saturated rings. The number of rotatable bonds is 8. The van der Waals surface area contributed by atoms with Crippen molar-refractivity contribution in [3.63, 3.8) is 0 Å². The molecule has 1 amide bonds. The number of likely N-dealkylation sites (tertiary alicyclic amines) is 1. The number of carbonyl (C=O) groups excluding carboxylic acids is 1. The first-order valence-corrected chi connectivity index (χ1v) is 10.2. The fourth-order valence-corrected chi connectivity index (χ4v) is 4.17. The summed E-state index contributed by atoms with van der Waals surface area (Å²) in [4.78, 5) is 17.0. The van der Waals surface area contributed by atoms with Gasteiger partial charge in [-0.15, -0.1) is 0 Å². The van der Waals surface area contributed by atoms with Gasteiger partial charge in [0.05, 0.1) is 6.54 Å². The molecule has 26 heavy (non-hydrogen) atoms. The van der Waals surface area contributed by atoms with E-state index in [9.17, 15) is 4.79 Å². The molecule has 0 aromatic heterocycles. The number of carbonyl (C=O) groups is 1. The summed E-state index contributed by atoms with van der Waals surface area (Å²) in [6.45, 7) is 6.73. The average molecular weight is 359 g/mol. The highest BCUT2D eigenvalue weighted by Gasteiger charge is 2.24. The Hall–Kier alpha value is -1.59. The smallest absolute Gasteiger partial charge is 0.234 e. The quantitative estimate of drug-likeness (QED) is 0.746. The first kappa shape index (κ1) is 19.2. The average Bonchev–Trinajstić information content (AvgIpc) is 3.16. The van der Waals surface area contributed by atoms with Crippen molar-refractivity contribution in [2.75, 3.05) is 57.8 Å². The Bertz CT molecular complexity index is 542. The Morgan fingerprint density at radius 3 is 2.54 bits per heavy atom. The number of piperidine rings is 1. The van der Waals surface area contributed by atoms with Crippen LogP contribution in [0.25, 0.3) is 0 Å². The summed E-state index contributed by atoms with van der Waals surface area (Å²) in [5.74, 6) is 1.58. The lowest BCUT2D eigenvalue weighted by atomic mass is 9.93. The van der Waals surface area contributed by atoms with Gasteiger partial charge < -0.3 is 15.5 Å². The van der Waals surface area contributed by atoms with Crippen LogP contribution in [-0.2, 0) is 4.79 Å². The predicted octanol–water partition coefficient (Wildman–Crippen LogP) is 1.95. The van der Waals surface area contributed by atoms with Crippen LogP contribution in [0.2, 0.25) is 0 Å². The standard InChI is InChI=1S/C21H34N4O/c1-22-11-7-18-8-12-24(13-9-18)17-21(26)23-15-19-10-14-25(16-19)20-5-3-2-4-6-20/h2-6,18-19,22H,7-17H2,1H3,(H,23,26). The molecule has 0 saturated carbocycles. The van der Waals surface area contributed by atoms with Crippen LogP contribution in [-0.4, -0.2) is 63.7 Å². The Balaban J connectivity index is 1.31. The summed E-state index contributed by atoms with van der Waals surface area (Å²) < 4.78 is 0. The largest absolute Gasteiger partial charge is 0.371 e. The van der Waals surface area contributed by atoms with Crippen LogP contribution in [0.4, 0.5) is 5.69 Å². The number of nitrogens with one attached hydrogen (secondary N) is 2. The molecule has 3 rings (SSSR count). The van der Waals surface area contributed by atoms with Crippen LogP contribution in [0.15, 0.2) is 30.3 Å². The molecule has 0 spiro atoms. The summed E-state index contributed by atoms with van der Waals surface area (Å²) in [5, 5.41) is 6.41. The molecule has 0 aliphatic carbocycles. The van der Waals surface area contributed by atoms with Gasteiger partial charge in [-0.2, -0.15) is 0 Å². The van der Waals surface area contributed by atoms with E-state index in [4.69, 9.17) is 0 Å². The first-order valence-electron chi connectivity index (χ1n) is 10.2. The van der Waals surface area contributed by atoms with Crippen LogP contribution in [0.5, 0.6) is 0 Å². The van der Waals surface area contributed by atoms with E-state index in [0.29, 0.717) is 12.5 Å². The fourth-order valence-electron chi connectivity index (χ4n) is 4.17. The minimum absolute atomic E-state index is 0.192. The Labute approximate surface area is 158 Å². The van der Waals surface area contributed by atoms with Crippen molar-refractivity contribution < 1.29 is 4.79 Å². The van der Waals surface area contributed by atoms with Crippen LogP contribution in [0.1, 0.15) is 25.7 Å². The third-order valence-corrected chi connectivity index (χ3v) is 5.87. The lowest BCUT2D eigenvalue weighted by Crippen LogP contribution is -2.43. The molecule has 2 aliphatic rings. The zero-order chi connectivity index (χ0) is 18.2. The molecule has 2 aliphatic heterocycles. The second kappa shape index (κ2) is 9.93. The van der Waals surface area contributed by atoms with Crippen molar-refractivity contribution in [1.82, 2.24) is 15.5 Å². The topological polar surface area (TPSA) is 47.6 Å². The van der Waals surface area contributed by atoms with E-state index in [1.165, 1.54) is 24.9 Å². The SMILES string of the molecule is CNCCC1CCN(CC(=O)NCC2CCN(c3ccccc3)C2)CC1. The van der Waals surface area contributed by atoms with Crippen molar-refractivity contribution in [3.05, 3.63) is 30.3 Å². The van der Waals surface area contributed by atoms with Crippen molar-refractivity contribution in [3.8, 4) is 0 Å². The van der Waals surface area contributed by atoms with Gasteiger partial charge in [-0.1, -0.05) is 18.2 Å². The van der Waals surface area contributed by atoms with Crippen molar-refractivity contribution in [1.29, 1.82) is 0 Å². The summed E-state index contributed by atoms with van der Waals surface area (Å²) >= 11 is 0. The van der Waals surface area contributed by atoms with Crippen molar-refractivity contribution >= 4 is 11.6 Å². The summed E-state index contributed by atoms with van der Waals surface area (Å²) in [6, 6.07) is 10.6. The molecule has 5 heteroatoms. The molecule has 0 radical (unpaired) electrons. The van der Waals surface area contributed by atoms with Gasteiger partial charge in [0.1, 0.15) is 0 Å². The van der Waals surface area contributed by atoms with Gasteiger partial charge in [-0.05, 0) is 76.3 Å². The zero-order valence-corrected chi connectivity index (χ0v) is 16.1. The predicted molar refractivity (Wildman–Crippen MR) is 107 cm³/mol. The Kier molecular flexibility index (Phi) is 7.32. The van der Waals surface area contributed by atoms with Gasteiger partial charge in [0.2, 0.25) is 5.91 Å². The van der Waals surface area contributed by atoms with Gasteiger partial charge in [-0.3, -0.25) is 9.69 Å². The number of hydrogen-bond acceptors (Lipinski definition) is 4. The minimum Gasteiger partial charge on any atom is -0.371 e. The maximum absolute atomic E-state index is 12.3. The normalized spacial score (nSPS) is 21.9. The number of benzene rings is 1. The van der Waals surface area contributed by atoms with E-state index >= 15 is 0 Å². The third-order valence-electron chi connectivity index (χ3n) is 5.87. The minimum atomic E-state index is 0.192. The maximum atomic E-state index is 12.3. The van der Waals surface area contributed by atoms with Gasteiger partial charge >= 0.3 is 0 Å². The number of nitrogens with zero attached hydrogens (tertiary/aromatic N) is 2. The molecular weight excluding hydrogens is 324 g/mol. The van der Waals surface area contributed by atoms with Crippen molar-refractivity contribution in [2.45, 2.75) is 25.7 Å². The molecule has 2 saturated heterocycles. The second-order valence-corrected chi connectivity index (χ2v) is 7.85. The maximum Gasteiger partial charge on any atom is 0.234 e. The summed E-state index contributed by atoms with van der Waals surface area (Å²) in [6.07, 6.45) is 4.87. The monoisotopic (exact) mass is 358 g/mol. The summed E-state index contributed by atoms with van der Waals surface area (Å²) in [7, 11) is 2.02. The van der Waals surface area contributed by atoms with Gasteiger partial charge in [0, 0.05) is 25.3 Å². The number of hydrogen-bond donors (Lipinski definition) is 2. The lowest BCUT2D eigenvalue weighted by molar-refractivity contribution is -0.122. The number of anilines is 1. The van der Waals surface area contributed by atoms with E-state index < -0.39 is 0 Å². The fraction of sp³-hybridized carbons (Fsp3) is 0.667. The zero-order valence-electron chi connectivity index (χ0n) is 16.1. The molecule has 0 bridgehead atoms. The summed E-state index contributed by atoms with van der Waals surface area (Å²) in [5.41, 5.74) is 1.29. The third kappa shape index (κ3) is 5.71. The highest BCUT2D eigenvalue weighted by atomic mass is 16.2. The molecule has 2 heterocycles. The Morgan fingerprint density at radius 1 is 1.08 bits per heavy atom. The molecule has 1 unspecified atom stereocenters. The van der Waals surface area contributed by atoms with E-state index in [0.717, 1.165) is 51.6 Å². The highest BCUT2D eigenvalue weighted by molar-refractivity contribution is 5.78. The highest BCUT2D eigenvalue weighted by Crippen LogP contribution is 2.23. The number of para-hydroxylation sites is 1. The van der Waals surface area contributed by atoms with Gasteiger partial charge in [-0.25, -0.2) is 0 Å². The molecule has 1 aromatic carbocycles. The van der Waals surface area contributed by atoms with Crippen LogP contribution >= 0.6 is 0 Å². The van der Waals surface area contributed by atoms with Gasteiger partial charge in [0.15, 0.2) is 0 Å². The lowest BCUT2D eigenvalue weighted by Gasteiger charge is -2.31. The molecule has 1 aromatic rings. The Morgan fingerprint density at radius 2 is 1.81 bits per heavy atom. The number of amides is 1.